The van der Waals surface area contributed by atoms with Gasteiger partial charge in [-0.1, -0.05) is 0 Å². The summed E-state index contributed by atoms with van der Waals surface area (Å²) in [4.78, 5) is 4.06. The molecule has 7 heteroatoms. The molecule has 0 amide bonds. The summed E-state index contributed by atoms with van der Waals surface area (Å²) in [6.07, 6.45) is 4.37. The summed E-state index contributed by atoms with van der Waals surface area (Å²) in [6.45, 7) is 5.42. The third kappa shape index (κ3) is 4.45. The first kappa shape index (κ1) is 15.9. The van der Waals surface area contributed by atoms with Gasteiger partial charge in [-0.2, -0.15) is 0 Å². The summed E-state index contributed by atoms with van der Waals surface area (Å²) in [5.41, 5.74) is 3.21. The van der Waals surface area contributed by atoms with Gasteiger partial charge in [-0.3, -0.25) is 16.3 Å². The van der Waals surface area contributed by atoms with Crippen molar-refractivity contribution >= 4 is 9.84 Å². The highest BCUT2D eigenvalue weighted by molar-refractivity contribution is 7.91. The quantitative estimate of drug-likeness (QED) is 0.594. The molecule has 0 saturated heterocycles. The van der Waals surface area contributed by atoms with Crippen LogP contribution in [-0.4, -0.2) is 31.0 Å². The molecule has 0 fully saturated rings. The second kappa shape index (κ2) is 6.31. The summed E-state index contributed by atoms with van der Waals surface area (Å²) < 4.78 is 28.8. The van der Waals surface area contributed by atoms with Crippen LogP contribution in [0.25, 0.3) is 0 Å². The molecule has 0 aromatic carbocycles. The van der Waals surface area contributed by atoms with E-state index in [9.17, 15) is 8.42 Å². The minimum absolute atomic E-state index is 0.0219. The molecule has 2 atom stereocenters. The zero-order valence-corrected chi connectivity index (χ0v) is 12.4. The molecule has 0 aliphatic rings. The van der Waals surface area contributed by atoms with Crippen molar-refractivity contribution in [2.24, 2.45) is 5.84 Å². The van der Waals surface area contributed by atoms with Crippen molar-refractivity contribution in [3.05, 3.63) is 24.0 Å². The summed E-state index contributed by atoms with van der Waals surface area (Å²) in [5.74, 6) is 6.06. The summed E-state index contributed by atoms with van der Waals surface area (Å²) in [5, 5.41) is -0.659. The molecular formula is C12H21N3O3S. The van der Waals surface area contributed by atoms with E-state index in [1.807, 2.05) is 13.8 Å². The SMILES string of the molecule is CC(C)Oc1cncc(C(NN)C(C)S(C)(=O)=O)c1. The van der Waals surface area contributed by atoms with Crippen LogP contribution in [0.1, 0.15) is 32.4 Å². The fraction of sp³-hybridized carbons (Fsp3) is 0.583. The Labute approximate surface area is 114 Å². The maximum atomic E-state index is 11.6. The maximum Gasteiger partial charge on any atom is 0.151 e. The van der Waals surface area contributed by atoms with Crippen LogP contribution in [0.5, 0.6) is 5.75 Å². The van der Waals surface area contributed by atoms with Gasteiger partial charge in [-0.15, -0.1) is 0 Å². The third-order valence-corrected chi connectivity index (χ3v) is 4.41. The minimum Gasteiger partial charge on any atom is -0.489 e. The lowest BCUT2D eigenvalue weighted by atomic mass is 10.1. The molecular weight excluding hydrogens is 266 g/mol. The number of rotatable bonds is 6. The lowest BCUT2D eigenvalue weighted by molar-refractivity contribution is 0.241. The van der Waals surface area contributed by atoms with E-state index in [1.165, 1.54) is 6.26 Å². The van der Waals surface area contributed by atoms with E-state index in [0.717, 1.165) is 0 Å². The highest BCUT2D eigenvalue weighted by Crippen LogP contribution is 2.23. The molecule has 0 spiro atoms. The van der Waals surface area contributed by atoms with Gasteiger partial charge in [-0.05, 0) is 32.4 Å². The van der Waals surface area contributed by atoms with Crippen molar-refractivity contribution in [1.82, 2.24) is 10.4 Å². The predicted octanol–water partition coefficient (Wildman–Crippen LogP) is 0.806. The van der Waals surface area contributed by atoms with Gasteiger partial charge in [0.1, 0.15) is 5.75 Å². The molecule has 0 aliphatic heterocycles. The summed E-state index contributed by atoms with van der Waals surface area (Å²) in [6, 6.07) is 1.22. The summed E-state index contributed by atoms with van der Waals surface area (Å²) >= 11 is 0. The Balaban J connectivity index is 3.05. The molecule has 0 saturated carbocycles. The van der Waals surface area contributed by atoms with Crippen molar-refractivity contribution in [1.29, 1.82) is 0 Å². The Morgan fingerprint density at radius 2 is 1.95 bits per heavy atom. The number of nitrogens with one attached hydrogen (secondary N) is 1. The van der Waals surface area contributed by atoms with Gasteiger partial charge >= 0.3 is 0 Å². The van der Waals surface area contributed by atoms with E-state index in [4.69, 9.17) is 10.6 Å². The Hall–Kier alpha value is -1.18. The van der Waals surface area contributed by atoms with Crippen molar-refractivity contribution in [2.75, 3.05) is 6.26 Å². The maximum absolute atomic E-state index is 11.6. The molecule has 1 aromatic rings. The minimum atomic E-state index is -3.21. The molecule has 108 valence electrons. The van der Waals surface area contributed by atoms with Crippen LogP contribution in [0, 0.1) is 0 Å². The van der Waals surface area contributed by atoms with Crippen LogP contribution >= 0.6 is 0 Å². The van der Waals surface area contributed by atoms with Crippen LogP contribution in [-0.2, 0) is 9.84 Å². The Kier molecular flexibility index (Phi) is 5.28. The first-order valence-electron chi connectivity index (χ1n) is 6.02. The van der Waals surface area contributed by atoms with Gasteiger partial charge in [0.2, 0.25) is 0 Å². The van der Waals surface area contributed by atoms with E-state index < -0.39 is 21.1 Å². The number of ether oxygens (including phenoxy) is 1. The van der Waals surface area contributed by atoms with Crippen LogP contribution in [0.3, 0.4) is 0 Å². The van der Waals surface area contributed by atoms with Crippen LogP contribution in [0.15, 0.2) is 18.5 Å². The van der Waals surface area contributed by atoms with Gasteiger partial charge in [0, 0.05) is 12.5 Å². The first-order chi connectivity index (χ1) is 8.75. The van der Waals surface area contributed by atoms with E-state index in [1.54, 1.807) is 25.4 Å². The Bertz CT molecular complexity index is 517. The number of hydrogen-bond acceptors (Lipinski definition) is 6. The normalized spacial score (nSPS) is 15.3. The molecule has 0 bridgehead atoms. The molecule has 6 nitrogen and oxygen atoms in total. The number of nitrogens with two attached hydrogens (primary N) is 1. The van der Waals surface area contributed by atoms with Gasteiger partial charge < -0.3 is 4.74 Å². The van der Waals surface area contributed by atoms with Crippen LogP contribution in [0.2, 0.25) is 0 Å². The zero-order valence-electron chi connectivity index (χ0n) is 11.6. The third-order valence-electron chi connectivity index (χ3n) is 2.79. The fourth-order valence-electron chi connectivity index (χ4n) is 1.69. The molecule has 1 heterocycles. The van der Waals surface area contributed by atoms with Crippen molar-refractivity contribution in [2.45, 2.75) is 38.2 Å². The number of sulfone groups is 1. The molecule has 0 radical (unpaired) electrons. The van der Waals surface area contributed by atoms with E-state index in [0.29, 0.717) is 11.3 Å². The lowest BCUT2D eigenvalue weighted by Crippen LogP contribution is -2.38. The monoisotopic (exact) mass is 287 g/mol. The van der Waals surface area contributed by atoms with E-state index in [2.05, 4.69) is 10.4 Å². The predicted molar refractivity (Wildman–Crippen MR) is 74.4 cm³/mol. The molecule has 0 aliphatic carbocycles. The largest absolute Gasteiger partial charge is 0.489 e. The molecule has 1 rings (SSSR count). The Morgan fingerprint density at radius 1 is 1.32 bits per heavy atom. The molecule has 19 heavy (non-hydrogen) atoms. The highest BCUT2D eigenvalue weighted by Gasteiger charge is 2.27. The lowest BCUT2D eigenvalue weighted by Gasteiger charge is -2.22. The van der Waals surface area contributed by atoms with E-state index >= 15 is 0 Å². The van der Waals surface area contributed by atoms with Crippen molar-refractivity contribution in [3.63, 3.8) is 0 Å². The zero-order chi connectivity index (χ0) is 14.6. The van der Waals surface area contributed by atoms with Gasteiger partial charge in [0.25, 0.3) is 0 Å². The number of nitrogens with zero attached hydrogens (tertiary/aromatic N) is 1. The smallest absolute Gasteiger partial charge is 0.151 e. The van der Waals surface area contributed by atoms with Crippen molar-refractivity contribution < 1.29 is 13.2 Å². The van der Waals surface area contributed by atoms with Crippen LogP contribution in [0.4, 0.5) is 0 Å². The number of pyridine rings is 1. The fourth-order valence-corrected chi connectivity index (χ4v) is 2.42. The summed E-state index contributed by atoms with van der Waals surface area (Å²) in [7, 11) is -3.21. The average Bonchev–Trinajstić information content (AvgIpc) is 2.28. The second-order valence-electron chi connectivity index (χ2n) is 4.80. The molecule has 3 N–H and O–H groups in total. The van der Waals surface area contributed by atoms with Gasteiger partial charge in [0.05, 0.1) is 23.6 Å². The first-order valence-corrected chi connectivity index (χ1v) is 7.97. The highest BCUT2D eigenvalue weighted by atomic mass is 32.2. The number of hydrazine groups is 1. The average molecular weight is 287 g/mol. The Morgan fingerprint density at radius 3 is 2.42 bits per heavy atom. The number of hydrogen-bond donors (Lipinski definition) is 2. The van der Waals surface area contributed by atoms with Gasteiger partial charge in [0.15, 0.2) is 9.84 Å². The standard InChI is InChI=1S/C12H21N3O3S/c1-8(2)18-11-5-10(6-14-7-11)12(15-13)9(3)19(4,16)17/h5-9,12,15H,13H2,1-4H3. The van der Waals surface area contributed by atoms with E-state index in [-0.39, 0.29) is 6.10 Å². The topological polar surface area (TPSA) is 94.3 Å². The number of aromatic nitrogens is 1. The molecule has 2 unspecified atom stereocenters. The molecule has 1 aromatic heterocycles. The van der Waals surface area contributed by atoms with Gasteiger partial charge in [-0.25, -0.2) is 8.42 Å². The van der Waals surface area contributed by atoms with Crippen LogP contribution < -0.4 is 16.0 Å². The van der Waals surface area contributed by atoms with Crippen molar-refractivity contribution in [3.8, 4) is 5.75 Å². The second-order valence-corrected chi connectivity index (χ2v) is 7.20.